The molecule has 1 fully saturated rings. The molecule has 86 valence electrons. The molecule has 1 aromatic carbocycles. The van der Waals surface area contributed by atoms with Crippen molar-refractivity contribution in [3.63, 3.8) is 0 Å². The summed E-state index contributed by atoms with van der Waals surface area (Å²) >= 11 is 0. The van der Waals surface area contributed by atoms with Gasteiger partial charge < -0.3 is 10.2 Å². The van der Waals surface area contributed by atoms with E-state index in [4.69, 9.17) is 0 Å². The standard InChI is InChI=1S/C14H20N2/c1-10-8-13-14(9-11(10)2)16-7-3-4-12(16)5-6-15-13/h8-9,12,15H,3-7H2,1-2H3. The monoisotopic (exact) mass is 216 g/mol. The van der Waals surface area contributed by atoms with E-state index in [9.17, 15) is 0 Å². The summed E-state index contributed by atoms with van der Waals surface area (Å²) in [6.07, 6.45) is 4.01. The summed E-state index contributed by atoms with van der Waals surface area (Å²) in [5.41, 5.74) is 5.58. The first-order valence-electron chi connectivity index (χ1n) is 6.37. The molecule has 0 spiro atoms. The van der Waals surface area contributed by atoms with Crippen LogP contribution in [0.2, 0.25) is 0 Å². The van der Waals surface area contributed by atoms with Crippen molar-refractivity contribution in [2.24, 2.45) is 0 Å². The van der Waals surface area contributed by atoms with Crippen LogP contribution >= 0.6 is 0 Å². The van der Waals surface area contributed by atoms with E-state index in [1.165, 1.54) is 48.3 Å². The molecule has 0 bridgehead atoms. The molecule has 1 aromatic rings. The van der Waals surface area contributed by atoms with Crippen molar-refractivity contribution in [2.45, 2.75) is 39.2 Å². The molecule has 0 amide bonds. The largest absolute Gasteiger partial charge is 0.383 e. The molecule has 3 rings (SSSR count). The zero-order chi connectivity index (χ0) is 11.1. The van der Waals surface area contributed by atoms with Gasteiger partial charge in [-0.1, -0.05) is 0 Å². The van der Waals surface area contributed by atoms with Crippen LogP contribution in [0.1, 0.15) is 30.4 Å². The third kappa shape index (κ3) is 1.48. The predicted molar refractivity (Wildman–Crippen MR) is 69.4 cm³/mol. The lowest BCUT2D eigenvalue weighted by molar-refractivity contribution is 0.638. The van der Waals surface area contributed by atoms with Crippen molar-refractivity contribution in [3.8, 4) is 0 Å². The summed E-state index contributed by atoms with van der Waals surface area (Å²) in [7, 11) is 0. The average Bonchev–Trinajstić information content (AvgIpc) is 2.65. The number of nitrogens with one attached hydrogen (secondary N) is 1. The molecule has 2 heteroatoms. The fourth-order valence-corrected chi connectivity index (χ4v) is 3.01. The van der Waals surface area contributed by atoms with Crippen LogP contribution in [-0.2, 0) is 0 Å². The number of hydrogen-bond donors (Lipinski definition) is 1. The molecular weight excluding hydrogens is 196 g/mol. The Balaban J connectivity index is 2.09. The van der Waals surface area contributed by atoms with Crippen LogP contribution in [0.15, 0.2) is 12.1 Å². The molecule has 0 aromatic heterocycles. The minimum atomic E-state index is 0.774. The van der Waals surface area contributed by atoms with Gasteiger partial charge in [-0.3, -0.25) is 0 Å². The van der Waals surface area contributed by atoms with Crippen molar-refractivity contribution in [1.29, 1.82) is 0 Å². The van der Waals surface area contributed by atoms with Crippen molar-refractivity contribution in [3.05, 3.63) is 23.3 Å². The maximum atomic E-state index is 3.58. The van der Waals surface area contributed by atoms with E-state index in [1.54, 1.807) is 0 Å². The van der Waals surface area contributed by atoms with Crippen LogP contribution in [0.25, 0.3) is 0 Å². The second-order valence-electron chi connectivity index (χ2n) is 5.16. The van der Waals surface area contributed by atoms with E-state index in [2.05, 4.69) is 36.2 Å². The van der Waals surface area contributed by atoms with E-state index in [0.29, 0.717) is 0 Å². The molecule has 2 heterocycles. The van der Waals surface area contributed by atoms with Gasteiger partial charge in [0.15, 0.2) is 0 Å². The fourth-order valence-electron chi connectivity index (χ4n) is 3.01. The highest BCUT2D eigenvalue weighted by Gasteiger charge is 2.28. The minimum absolute atomic E-state index is 0.774. The normalized spacial score (nSPS) is 23.4. The summed E-state index contributed by atoms with van der Waals surface area (Å²) < 4.78 is 0. The highest BCUT2D eigenvalue weighted by atomic mass is 15.2. The molecule has 16 heavy (non-hydrogen) atoms. The van der Waals surface area contributed by atoms with Gasteiger partial charge in [0, 0.05) is 19.1 Å². The van der Waals surface area contributed by atoms with Crippen LogP contribution < -0.4 is 10.2 Å². The first-order valence-corrected chi connectivity index (χ1v) is 6.37. The highest BCUT2D eigenvalue weighted by molar-refractivity contribution is 5.73. The third-order valence-corrected chi connectivity index (χ3v) is 4.09. The van der Waals surface area contributed by atoms with E-state index in [1.807, 2.05) is 0 Å². The zero-order valence-corrected chi connectivity index (χ0v) is 10.2. The van der Waals surface area contributed by atoms with Crippen LogP contribution in [0, 0.1) is 13.8 Å². The second-order valence-corrected chi connectivity index (χ2v) is 5.16. The molecule has 0 saturated carbocycles. The van der Waals surface area contributed by atoms with E-state index in [0.717, 1.165) is 12.6 Å². The molecule has 1 N–H and O–H groups in total. The van der Waals surface area contributed by atoms with E-state index < -0.39 is 0 Å². The van der Waals surface area contributed by atoms with Crippen LogP contribution in [0.4, 0.5) is 11.4 Å². The Morgan fingerprint density at radius 3 is 2.88 bits per heavy atom. The summed E-state index contributed by atoms with van der Waals surface area (Å²) in [6, 6.07) is 5.45. The van der Waals surface area contributed by atoms with Crippen LogP contribution in [-0.4, -0.2) is 19.1 Å². The van der Waals surface area contributed by atoms with E-state index >= 15 is 0 Å². The lowest BCUT2D eigenvalue weighted by atomic mass is 10.1. The first kappa shape index (κ1) is 10.0. The van der Waals surface area contributed by atoms with Crippen molar-refractivity contribution in [1.82, 2.24) is 0 Å². The maximum Gasteiger partial charge on any atom is 0.0607 e. The molecule has 2 aliphatic heterocycles. The first-order chi connectivity index (χ1) is 7.75. The van der Waals surface area contributed by atoms with Crippen LogP contribution in [0.3, 0.4) is 0 Å². The molecule has 2 aliphatic rings. The van der Waals surface area contributed by atoms with Gasteiger partial charge in [-0.25, -0.2) is 0 Å². The number of hydrogen-bond acceptors (Lipinski definition) is 2. The molecule has 1 unspecified atom stereocenters. The van der Waals surface area contributed by atoms with Gasteiger partial charge in [-0.05, 0) is 56.4 Å². The van der Waals surface area contributed by atoms with Gasteiger partial charge in [0.2, 0.25) is 0 Å². The number of benzene rings is 1. The summed E-state index contributed by atoms with van der Waals surface area (Å²) in [5, 5.41) is 3.58. The fraction of sp³-hybridized carbons (Fsp3) is 0.571. The topological polar surface area (TPSA) is 15.3 Å². The summed E-state index contributed by atoms with van der Waals surface area (Å²) in [6.45, 7) is 6.77. The van der Waals surface area contributed by atoms with Gasteiger partial charge in [0.1, 0.15) is 0 Å². The minimum Gasteiger partial charge on any atom is -0.383 e. The zero-order valence-electron chi connectivity index (χ0n) is 10.2. The molecule has 0 aliphatic carbocycles. The Hall–Kier alpha value is -1.18. The lowest BCUT2D eigenvalue weighted by Gasteiger charge is -2.26. The molecule has 0 radical (unpaired) electrons. The van der Waals surface area contributed by atoms with Gasteiger partial charge in [-0.15, -0.1) is 0 Å². The molecule has 1 saturated heterocycles. The number of anilines is 2. The maximum absolute atomic E-state index is 3.58. The number of aryl methyl sites for hydroxylation is 2. The SMILES string of the molecule is Cc1cc2c(cc1C)N1CCCC1CCN2. The third-order valence-electron chi connectivity index (χ3n) is 4.09. The number of nitrogens with zero attached hydrogens (tertiary/aromatic N) is 1. The smallest absolute Gasteiger partial charge is 0.0607 e. The highest BCUT2D eigenvalue weighted by Crippen LogP contribution is 2.37. The van der Waals surface area contributed by atoms with Crippen LogP contribution in [0.5, 0.6) is 0 Å². The molecule has 2 nitrogen and oxygen atoms in total. The predicted octanol–water partition coefficient (Wildman–Crippen LogP) is 3.09. The quantitative estimate of drug-likeness (QED) is 0.717. The Morgan fingerprint density at radius 1 is 1.19 bits per heavy atom. The summed E-state index contributed by atoms with van der Waals surface area (Å²) in [4.78, 5) is 2.61. The molecule has 1 atom stereocenters. The summed E-state index contributed by atoms with van der Waals surface area (Å²) in [5.74, 6) is 0. The van der Waals surface area contributed by atoms with Gasteiger partial charge >= 0.3 is 0 Å². The lowest BCUT2D eigenvalue weighted by Crippen LogP contribution is -2.28. The molecular formula is C14H20N2. The van der Waals surface area contributed by atoms with Gasteiger partial charge in [0.25, 0.3) is 0 Å². The number of rotatable bonds is 0. The Bertz CT molecular complexity index is 411. The van der Waals surface area contributed by atoms with E-state index in [-0.39, 0.29) is 0 Å². The van der Waals surface area contributed by atoms with Crippen molar-refractivity contribution in [2.75, 3.05) is 23.3 Å². The average molecular weight is 216 g/mol. The van der Waals surface area contributed by atoms with Gasteiger partial charge in [0.05, 0.1) is 11.4 Å². The van der Waals surface area contributed by atoms with Crippen molar-refractivity contribution >= 4 is 11.4 Å². The second kappa shape index (κ2) is 3.69. The number of fused-ring (bicyclic) bond motifs is 3. The van der Waals surface area contributed by atoms with Gasteiger partial charge in [-0.2, -0.15) is 0 Å². The Labute approximate surface area is 97.6 Å². The Morgan fingerprint density at radius 2 is 2.00 bits per heavy atom. The van der Waals surface area contributed by atoms with Crippen molar-refractivity contribution < 1.29 is 0 Å². The Kier molecular flexibility index (Phi) is 2.31.